The summed E-state index contributed by atoms with van der Waals surface area (Å²) in [6.45, 7) is 4.81. The van der Waals surface area contributed by atoms with Crippen LogP contribution >= 0.6 is 0 Å². The Bertz CT molecular complexity index is 1130. The first-order valence-electron chi connectivity index (χ1n) is 12.2. The second-order valence-electron chi connectivity index (χ2n) is 11.4. The molecule has 0 radical (unpaired) electrons. The fourth-order valence-corrected chi connectivity index (χ4v) is 8.30. The van der Waals surface area contributed by atoms with Crippen LogP contribution in [0.5, 0.6) is 0 Å². The smallest absolute Gasteiger partial charge is 0.164 e. The average molecular weight is 436 g/mol. The van der Waals surface area contributed by atoms with E-state index in [2.05, 4.69) is 24.3 Å². The van der Waals surface area contributed by atoms with Gasteiger partial charge < -0.3 is 10.1 Å². The number of hydrogen-bond acceptors (Lipinski definition) is 4. The van der Waals surface area contributed by atoms with Crippen molar-refractivity contribution in [3.8, 4) is 5.69 Å². The maximum atomic E-state index is 13.4. The topological polar surface area (TPSA) is 59.5 Å². The number of rotatable bonds is 1. The number of ketones is 1. The molecule has 1 saturated heterocycles. The van der Waals surface area contributed by atoms with Crippen LogP contribution in [0.1, 0.15) is 57.9 Å². The van der Waals surface area contributed by atoms with Crippen molar-refractivity contribution >= 4 is 11.6 Å². The van der Waals surface area contributed by atoms with E-state index in [0.717, 1.165) is 43.6 Å². The van der Waals surface area contributed by atoms with Crippen molar-refractivity contribution < 1.29 is 13.9 Å². The van der Waals surface area contributed by atoms with Gasteiger partial charge in [-0.1, -0.05) is 6.92 Å². The number of ether oxygens (including phenoxy) is 1. The zero-order valence-corrected chi connectivity index (χ0v) is 18.7. The van der Waals surface area contributed by atoms with E-state index in [-0.39, 0.29) is 28.5 Å². The van der Waals surface area contributed by atoms with Gasteiger partial charge in [-0.2, -0.15) is 5.10 Å². The number of carbonyl (C=O) groups excluding carboxylic acids is 1. The molecule has 3 heterocycles. The third-order valence-electron chi connectivity index (χ3n) is 10.1. The van der Waals surface area contributed by atoms with Gasteiger partial charge >= 0.3 is 0 Å². The van der Waals surface area contributed by atoms with E-state index in [1.807, 2.05) is 10.9 Å². The van der Waals surface area contributed by atoms with E-state index in [9.17, 15) is 9.18 Å². The largest absolute Gasteiger partial charge is 0.364 e. The number of carbonyl (C=O) groups is 1. The van der Waals surface area contributed by atoms with Crippen molar-refractivity contribution in [1.29, 1.82) is 0 Å². The summed E-state index contributed by atoms with van der Waals surface area (Å²) in [5.41, 5.74) is 2.10. The summed E-state index contributed by atoms with van der Waals surface area (Å²) in [4.78, 5) is 12.4. The first kappa shape index (κ1) is 19.3. The summed E-state index contributed by atoms with van der Waals surface area (Å²) >= 11 is 0. The van der Waals surface area contributed by atoms with Crippen molar-refractivity contribution in [1.82, 2.24) is 9.78 Å². The highest BCUT2D eigenvalue weighted by molar-refractivity contribution is 5.88. The van der Waals surface area contributed by atoms with Gasteiger partial charge in [0.15, 0.2) is 5.78 Å². The normalized spacial score (nSPS) is 43.8. The summed E-state index contributed by atoms with van der Waals surface area (Å²) in [6, 6.07) is 6.55. The molecule has 0 bridgehead atoms. The van der Waals surface area contributed by atoms with Gasteiger partial charge in [0.05, 0.1) is 11.9 Å². The predicted octanol–water partition coefficient (Wildman–Crippen LogP) is 4.68. The number of benzene rings is 1. The van der Waals surface area contributed by atoms with Crippen molar-refractivity contribution in [2.75, 3.05) is 5.32 Å². The molecule has 0 amide bonds. The van der Waals surface area contributed by atoms with Gasteiger partial charge in [-0.15, -0.1) is 0 Å². The maximum Gasteiger partial charge on any atom is 0.164 e. The van der Waals surface area contributed by atoms with Crippen molar-refractivity contribution in [2.45, 2.75) is 76.0 Å². The molecule has 1 aromatic carbocycles. The zero-order valence-electron chi connectivity index (χ0n) is 18.7. The molecule has 5 aliphatic rings. The highest BCUT2D eigenvalue weighted by Crippen LogP contribution is 2.70. The summed E-state index contributed by atoms with van der Waals surface area (Å²) in [6.07, 6.45) is 9.00. The van der Waals surface area contributed by atoms with Crippen LogP contribution in [0.15, 0.2) is 30.5 Å². The Balaban J connectivity index is 1.23. The number of anilines is 1. The number of Topliss-reactive ketones (excluding diaryl/α,β-unsaturated/α-hetero) is 1. The monoisotopic (exact) mass is 435 g/mol. The molecule has 3 aliphatic carbocycles. The van der Waals surface area contributed by atoms with Gasteiger partial charge in [0.1, 0.15) is 23.3 Å². The van der Waals surface area contributed by atoms with Gasteiger partial charge in [-0.05, 0) is 87.5 Å². The summed E-state index contributed by atoms with van der Waals surface area (Å²) in [7, 11) is 0. The van der Waals surface area contributed by atoms with Crippen molar-refractivity contribution in [3.63, 3.8) is 0 Å². The van der Waals surface area contributed by atoms with Crippen LogP contribution in [-0.4, -0.2) is 32.8 Å². The van der Waals surface area contributed by atoms with E-state index < -0.39 is 0 Å². The van der Waals surface area contributed by atoms with Crippen LogP contribution in [0, 0.1) is 29.0 Å². The van der Waals surface area contributed by atoms with Crippen LogP contribution in [-0.2, 0) is 16.0 Å². The van der Waals surface area contributed by atoms with Crippen LogP contribution < -0.4 is 5.32 Å². The minimum atomic E-state index is -0.233. The van der Waals surface area contributed by atoms with Gasteiger partial charge in [-0.3, -0.25) is 4.79 Å². The third kappa shape index (κ3) is 2.27. The standard InChI is InChI=1S/C26H30FN3O2/c1-24-10-9-21(31)22-26(24,32-22)12-7-18-19(24)8-11-25(2)20(18)13-15-14-28-30(23(15)29-25)17-5-3-16(27)4-6-17/h3-6,14,18-20,22,29H,7-13H2,1-2H3/t18-,19?,20?,22?,24-,25+,26?/m1/s1. The molecule has 2 aliphatic heterocycles. The zero-order chi connectivity index (χ0) is 21.9. The molecular weight excluding hydrogens is 405 g/mol. The minimum absolute atomic E-state index is 0.0150. The lowest BCUT2D eigenvalue weighted by Crippen LogP contribution is -2.62. The van der Waals surface area contributed by atoms with Gasteiger partial charge in [0.2, 0.25) is 0 Å². The molecule has 3 saturated carbocycles. The lowest BCUT2D eigenvalue weighted by atomic mass is 9.45. The third-order valence-corrected chi connectivity index (χ3v) is 10.1. The van der Waals surface area contributed by atoms with Crippen LogP contribution in [0.4, 0.5) is 10.2 Å². The molecule has 1 N–H and O–H groups in total. The van der Waals surface area contributed by atoms with E-state index in [1.54, 1.807) is 12.1 Å². The highest BCUT2D eigenvalue weighted by Gasteiger charge is 2.76. The van der Waals surface area contributed by atoms with E-state index >= 15 is 0 Å². The quantitative estimate of drug-likeness (QED) is 0.661. The number of halogens is 1. The van der Waals surface area contributed by atoms with E-state index in [1.165, 1.54) is 24.1 Å². The molecule has 1 spiro atoms. The van der Waals surface area contributed by atoms with Gasteiger partial charge in [0, 0.05) is 22.9 Å². The average Bonchev–Trinajstić information content (AvgIpc) is 3.41. The lowest BCUT2D eigenvalue weighted by Gasteiger charge is -2.61. The van der Waals surface area contributed by atoms with E-state index in [4.69, 9.17) is 4.74 Å². The van der Waals surface area contributed by atoms with E-state index in [0.29, 0.717) is 30.0 Å². The SMILES string of the molecule is C[C@]12CCC3[C@@H](CCC45OC4C(=O)CC[C@]35C)C1Cc1cnn(-c3ccc(F)cc3)c1N2. The van der Waals surface area contributed by atoms with Crippen LogP contribution in [0.3, 0.4) is 0 Å². The number of nitrogens with zero attached hydrogens (tertiary/aromatic N) is 2. The summed E-state index contributed by atoms with van der Waals surface area (Å²) < 4.78 is 21.6. The minimum Gasteiger partial charge on any atom is -0.364 e. The first-order valence-corrected chi connectivity index (χ1v) is 12.2. The number of fused-ring (bicyclic) bond motifs is 5. The molecule has 7 atom stereocenters. The van der Waals surface area contributed by atoms with Crippen molar-refractivity contribution in [3.05, 3.63) is 41.8 Å². The lowest BCUT2D eigenvalue weighted by molar-refractivity contribution is -0.127. The molecule has 4 unspecified atom stereocenters. The molecule has 4 fully saturated rings. The Morgan fingerprint density at radius 1 is 1.12 bits per heavy atom. The fraction of sp³-hybridized carbons (Fsp3) is 0.615. The fourth-order valence-electron chi connectivity index (χ4n) is 8.30. The molecule has 32 heavy (non-hydrogen) atoms. The number of epoxide rings is 1. The molecule has 1 aromatic heterocycles. The molecule has 5 nitrogen and oxygen atoms in total. The highest BCUT2D eigenvalue weighted by atomic mass is 19.1. The summed E-state index contributed by atoms with van der Waals surface area (Å²) in [5, 5.41) is 8.57. The van der Waals surface area contributed by atoms with Crippen LogP contribution in [0.25, 0.3) is 5.69 Å². The number of hydrogen-bond donors (Lipinski definition) is 1. The molecule has 7 rings (SSSR count). The Kier molecular flexibility index (Phi) is 3.62. The number of nitrogens with one attached hydrogen (secondary N) is 1. The summed E-state index contributed by atoms with van der Waals surface area (Å²) in [5.74, 6) is 2.95. The maximum absolute atomic E-state index is 13.4. The first-order chi connectivity index (χ1) is 15.3. The molecule has 6 heteroatoms. The molecule has 168 valence electrons. The Morgan fingerprint density at radius 2 is 1.94 bits per heavy atom. The number of aromatic nitrogens is 2. The van der Waals surface area contributed by atoms with Gasteiger partial charge in [0.25, 0.3) is 0 Å². The molecular formula is C26H30FN3O2. The predicted molar refractivity (Wildman–Crippen MR) is 118 cm³/mol. The Morgan fingerprint density at radius 3 is 2.75 bits per heavy atom. The molecule has 2 aromatic rings. The second-order valence-corrected chi connectivity index (χ2v) is 11.4. The van der Waals surface area contributed by atoms with Crippen molar-refractivity contribution in [2.24, 2.45) is 23.2 Å². The Labute approximate surface area is 187 Å². The van der Waals surface area contributed by atoms with Crippen LogP contribution in [0.2, 0.25) is 0 Å². The second kappa shape index (κ2) is 6.02. The Hall–Kier alpha value is -2.21. The van der Waals surface area contributed by atoms with Gasteiger partial charge in [-0.25, -0.2) is 9.07 Å².